The van der Waals surface area contributed by atoms with Gasteiger partial charge in [0, 0.05) is 11.6 Å². The number of nitro groups is 1. The van der Waals surface area contributed by atoms with Crippen LogP contribution in [-0.4, -0.2) is 25.2 Å². The molecule has 1 fully saturated rings. The van der Waals surface area contributed by atoms with E-state index in [2.05, 4.69) is 0 Å². The average Bonchev–Trinajstić information content (AvgIpc) is 3.22. The normalized spacial score (nSPS) is 15.9. The monoisotopic (exact) mass is 266 g/mol. The fourth-order valence-corrected chi connectivity index (χ4v) is 2.19. The molecule has 104 valence electrons. The first-order chi connectivity index (χ1) is 9.06. The van der Waals surface area contributed by atoms with Crippen LogP contribution >= 0.6 is 0 Å². The van der Waals surface area contributed by atoms with E-state index in [0.717, 1.165) is 12.8 Å². The first-order valence-electron chi connectivity index (χ1n) is 6.21. The highest BCUT2D eigenvalue weighted by Crippen LogP contribution is 2.38. The summed E-state index contributed by atoms with van der Waals surface area (Å²) >= 11 is 0. The summed E-state index contributed by atoms with van der Waals surface area (Å²) in [7, 11) is 2.96. The molecule has 0 spiro atoms. The van der Waals surface area contributed by atoms with Gasteiger partial charge in [-0.05, 0) is 31.2 Å². The summed E-state index contributed by atoms with van der Waals surface area (Å²) in [5.74, 6) is 1.34. The third-order valence-corrected chi connectivity index (χ3v) is 3.46. The molecule has 1 aliphatic carbocycles. The van der Waals surface area contributed by atoms with Gasteiger partial charge in [-0.3, -0.25) is 10.1 Å². The minimum atomic E-state index is -0.406. The number of hydrogen-bond donors (Lipinski definition) is 1. The lowest BCUT2D eigenvalue weighted by Gasteiger charge is -2.13. The van der Waals surface area contributed by atoms with Gasteiger partial charge in [0.15, 0.2) is 11.5 Å². The Hall–Kier alpha value is -1.82. The molecule has 0 bridgehead atoms. The molecule has 6 heteroatoms. The van der Waals surface area contributed by atoms with Gasteiger partial charge < -0.3 is 15.2 Å². The fraction of sp³-hybridized carbons (Fsp3) is 0.538. The van der Waals surface area contributed by atoms with Crippen LogP contribution in [0.3, 0.4) is 0 Å². The quantitative estimate of drug-likeness (QED) is 0.627. The smallest absolute Gasteiger partial charge is 0.276 e. The highest BCUT2D eigenvalue weighted by atomic mass is 16.6. The predicted molar refractivity (Wildman–Crippen MR) is 70.6 cm³/mol. The number of hydrogen-bond acceptors (Lipinski definition) is 5. The van der Waals surface area contributed by atoms with Crippen molar-refractivity contribution >= 4 is 5.69 Å². The van der Waals surface area contributed by atoms with Gasteiger partial charge in [0.2, 0.25) is 0 Å². The van der Waals surface area contributed by atoms with Crippen LogP contribution in [0.1, 0.15) is 18.4 Å². The van der Waals surface area contributed by atoms with E-state index >= 15 is 0 Å². The molecule has 1 unspecified atom stereocenters. The molecule has 1 aromatic carbocycles. The van der Waals surface area contributed by atoms with Gasteiger partial charge in [-0.1, -0.05) is 0 Å². The summed E-state index contributed by atoms with van der Waals surface area (Å²) in [4.78, 5) is 10.7. The molecule has 1 atom stereocenters. The van der Waals surface area contributed by atoms with Crippen molar-refractivity contribution < 1.29 is 14.4 Å². The number of methoxy groups -OCH3 is 2. The molecular weight excluding hydrogens is 248 g/mol. The third-order valence-electron chi connectivity index (χ3n) is 3.46. The van der Waals surface area contributed by atoms with Gasteiger partial charge in [-0.25, -0.2) is 0 Å². The topological polar surface area (TPSA) is 87.6 Å². The maximum atomic E-state index is 11.1. The molecule has 2 N–H and O–H groups in total. The molecule has 1 saturated carbocycles. The summed E-state index contributed by atoms with van der Waals surface area (Å²) in [5, 5.41) is 11.1. The zero-order valence-electron chi connectivity index (χ0n) is 11.1. The largest absolute Gasteiger partial charge is 0.493 e. The van der Waals surface area contributed by atoms with E-state index < -0.39 is 4.92 Å². The van der Waals surface area contributed by atoms with Crippen LogP contribution in [0.15, 0.2) is 12.1 Å². The second kappa shape index (κ2) is 5.44. The highest BCUT2D eigenvalue weighted by molar-refractivity contribution is 5.54. The summed E-state index contributed by atoms with van der Waals surface area (Å²) in [6.45, 7) is 0. The second-order valence-electron chi connectivity index (χ2n) is 4.80. The van der Waals surface area contributed by atoms with Crippen LogP contribution in [0.4, 0.5) is 5.69 Å². The van der Waals surface area contributed by atoms with Crippen molar-refractivity contribution in [1.82, 2.24) is 0 Å². The maximum absolute atomic E-state index is 11.1. The molecule has 2 rings (SSSR count). The predicted octanol–water partition coefficient (Wildman–Crippen LogP) is 1.89. The Morgan fingerprint density at radius 1 is 1.37 bits per heavy atom. The SMILES string of the molecule is COc1cc(CC(N)C2CC2)c([N+](=O)[O-])cc1OC. The van der Waals surface area contributed by atoms with Crippen LogP contribution in [0.2, 0.25) is 0 Å². The van der Waals surface area contributed by atoms with E-state index in [1.807, 2.05) is 0 Å². The molecule has 0 saturated heterocycles. The van der Waals surface area contributed by atoms with E-state index in [0.29, 0.717) is 29.4 Å². The molecule has 0 aliphatic heterocycles. The van der Waals surface area contributed by atoms with Gasteiger partial charge in [0.25, 0.3) is 5.69 Å². The van der Waals surface area contributed by atoms with Gasteiger partial charge in [0.05, 0.1) is 25.2 Å². The lowest BCUT2D eigenvalue weighted by atomic mass is 10.0. The lowest BCUT2D eigenvalue weighted by Crippen LogP contribution is -2.25. The van der Waals surface area contributed by atoms with E-state index in [1.165, 1.54) is 20.3 Å². The van der Waals surface area contributed by atoms with Gasteiger partial charge in [-0.2, -0.15) is 0 Å². The van der Waals surface area contributed by atoms with Crippen molar-refractivity contribution in [1.29, 1.82) is 0 Å². The zero-order chi connectivity index (χ0) is 14.0. The van der Waals surface area contributed by atoms with Crippen molar-refractivity contribution in [3.8, 4) is 11.5 Å². The Bertz CT molecular complexity index is 486. The first kappa shape index (κ1) is 13.6. The Kier molecular flexibility index (Phi) is 3.90. The molecule has 0 radical (unpaired) electrons. The standard InChI is InChI=1S/C13H18N2O4/c1-18-12-6-9(5-10(14)8-3-4-8)11(15(16)17)7-13(12)19-2/h6-8,10H,3-5,14H2,1-2H3. The van der Waals surface area contributed by atoms with Crippen molar-refractivity contribution in [3.05, 3.63) is 27.8 Å². The second-order valence-corrected chi connectivity index (χ2v) is 4.80. The van der Waals surface area contributed by atoms with Crippen molar-refractivity contribution in [2.45, 2.75) is 25.3 Å². The van der Waals surface area contributed by atoms with Crippen LogP contribution in [0, 0.1) is 16.0 Å². The third kappa shape index (κ3) is 2.96. The van der Waals surface area contributed by atoms with Gasteiger partial charge in [-0.15, -0.1) is 0 Å². The summed E-state index contributed by atoms with van der Waals surface area (Å²) in [5.41, 5.74) is 6.68. The van der Waals surface area contributed by atoms with E-state index in [-0.39, 0.29) is 11.7 Å². The fourth-order valence-electron chi connectivity index (χ4n) is 2.19. The molecule has 1 aromatic rings. The molecule has 19 heavy (non-hydrogen) atoms. The van der Waals surface area contributed by atoms with Crippen LogP contribution < -0.4 is 15.2 Å². The van der Waals surface area contributed by atoms with Crippen LogP contribution in [0.25, 0.3) is 0 Å². The molecule has 0 heterocycles. The highest BCUT2D eigenvalue weighted by Gasteiger charge is 2.30. The van der Waals surface area contributed by atoms with Crippen molar-refractivity contribution in [2.75, 3.05) is 14.2 Å². The summed E-state index contributed by atoms with van der Waals surface area (Å²) < 4.78 is 10.3. The van der Waals surface area contributed by atoms with Crippen molar-refractivity contribution in [2.24, 2.45) is 11.7 Å². The Morgan fingerprint density at radius 2 is 1.95 bits per heavy atom. The van der Waals surface area contributed by atoms with E-state index in [4.69, 9.17) is 15.2 Å². The summed E-state index contributed by atoms with van der Waals surface area (Å²) in [6, 6.07) is 3.02. The van der Waals surface area contributed by atoms with Crippen molar-refractivity contribution in [3.63, 3.8) is 0 Å². The molecule has 0 amide bonds. The summed E-state index contributed by atoms with van der Waals surface area (Å²) in [6.07, 6.45) is 2.71. The van der Waals surface area contributed by atoms with Crippen LogP contribution in [-0.2, 0) is 6.42 Å². The Balaban J connectivity index is 2.35. The molecular formula is C13H18N2O4. The number of nitro benzene ring substituents is 1. The van der Waals surface area contributed by atoms with E-state index in [1.54, 1.807) is 6.07 Å². The minimum Gasteiger partial charge on any atom is -0.493 e. The molecule has 1 aliphatic rings. The molecule has 0 aromatic heterocycles. The number of nitrogens with two attached hydrogens (primary N) is 1. The molecule has 6 nitrogen and oxygen atoms in total. The van der Waals surface area contributed by atoms with Crippen LogP contribution in [0.5, 0.6) is 11.5 Å². The minimum absolute atomic E-state index is 0.0307. The number of nitrogens with zero attached hydrogens (tertiary/aromatic N) is 1. The first-order valence-corrected chi connectivity index (χ1v) is 6.21. The zero-order valence-corrected chi connectivity index (χ0v) is 11.1. The number of ether oxygens (including phenoxy) is 2. The Labute approximate surface area is 111 Å². The number of rotatable bonds is 6. The van der Waals surface area contributed by atoms with E-state index in [9.17, 15) is 10.1 Å². The maximum Gasteiger partial charge on any atom is 0.276 e. The van der Waals surface area contributed by atoms with Gasteiger partial charge in [0.1, 0.15) is 0 Å². The average molecular weight is 266 g/mol. The lowest BCUT2D eigenvalue weighted by molar-refractivity contribution is -0.385. The van der Waals surface area contributed by atoms with Gasteiger partial charge >= 0.3 is 0 Å². The Morgan fingerprint density at radius 3 is 2.42 bits per heavy atom. The number of benzene rings is 1.